The standard InChI is InChI=1S/C21H15F2N3O2S/c22-16-6-3-4-13(21(16)23)9-11-20-25-17-10-8-14(12-18(17)26-20)15-5-1-2-7-19(15)29(24,27)28/h1-12H,(H,25,26)(H2,24,27,28). The largest absolute Gasteiger partial charge is 0.338 e. The van der Waals surface area contributed by atoms with E-state index in [0.717, 1.165) is 6.07 Å². The van der Waals surface area contributed by atoms with Gasteiger partial charge in [-0.25, -0.2) is 27.3 Å². The summed E-state index contributed by atoms with van der Waals surface area (Å²) in [5, 5.41) is 5.31. The minimum absolute atomic E-state index is 0.0283. The van der Waals surface area contributed by atoms with Gasteiger partial charge in [-0.2, -0.15) is 0 Å². The SMILES string of the molecule is NS(=O)(=O)c1ccccc1-c1ccc2nc(C=Cc3cccc(F)c3F)[nH]c2c1. The quantitative estimate of drug-likeness (QED) is 0.524. The molecule has 0 saturated carbocycles. The number of fused-ring (bicyclic) bond motifs is 1. The minimum Gasteiger partial charge on any atom is -0.338 e. The van der Waals surface area contributed by atoms with Gasteiger partial charge in [0.15, 0.2) is 11.6 Å². The Bertz CT molecular complexity index is 1360. The molecule has 4 aromatic rings. The van der Waals surface area contributed by atoms with Crippen LogP contribution in [0.3, 0.4) is 0 Å². The molecule has 3 aromatic carbocycles. The van der Waals surface area contributed by atoms with Gasteiger partial charge >= 0.3 is 0 Å². The van der Waals surface area contributed by atoms with Gasteiger partial charge in [-0.3, -0.25) is 0 Å². The molecule has 1 heterocycles. The predicted octanol–water partition coefficient (Wildman–Crippen LogP) is 4.33. The second-order valence-corrected chi connectivity index (χ2v) is 7.90. The highest BCUT2D eigenvalue weighted by Crippen LogP contribution is 2.29. The van der Waals surface area contributed by atoms with Crippen LogP contribution >= 0.6 is 0 Å². The fraction of sp³-hybridized carbons (Fsp3) is 0. The van der Waals surface area contributed by atoms with Crippen LogP contribution in [0.2, 0.25) is 0 Å². The van der Waals surface area contributed by atoms with Crippen LogP contribution in [-0.4, -0.2) is 18.4 Å². The molecule has 0 saturated heterocycles. The third kappa shape index (κ3) is 3.80. The number of nitrogens with one attached hydrogen (secondary N) is 1. The maximum absolute atomic E-state index is 13.8. The molecule has 0 fully saturated rings. The molecule has 0 atom stereocenters. The van der Waals surface area contributed by atoms with Gasteiger partial charge in [-0.05, 0) is 42.0 Å². The zero-order valence-corrected chi connectivity index (χ0v) is 15.7. The molecular weight excluding hydrogens is 396 g/mol. The van der Waals surface area contributed by atoms with E-state index in [1.165, 1.54) is 30.4 Å². The normalized spacial score (nSPS) is 12.1. The van der Waals surface area contributed by atoms with E-state index >= 15 is 0 Å². The molecular formula is C21H15F2N3O2S. The van der Waals surface area contributed by atoms with Crippen LogP contribution in [0.25, 0.3) is 34.3 Å². The van der Waals surface area contributed by atoms with Gasteiger partial charge in [-0.15, -0.1) is 0 Å². The Morgan fingerprint density at radius 3 is 2.55 bits per heavy atom. The number of hydrogen-bond donors (Lipinski definition) is 2. The number of benzene rings is 3. The molecule has 4 rings (SSSR count). The van der Waals surface area contributed by atoms with Crippen molar-refractivity contribution in [2.45, 2.75) is 4.90 Å². The molecule has 0 amide bonds. The van der Waals surface area contributed by atoms with Crippen LogP contribution in [0.5, 0.6) is 0 Å². The third-order valence-corrected chi connectivity index (χ3v) is 5.38. The van der Waals surface area contributed by atoms with Crippen molar-refractivity contribution in [1.29, 1.82) is 0 Å². The highest BCUT2D eigenvalue weighted by molar-refractivity contribution is 7.89. The molecule has 0 aliphatic heterocycles. The zero-order valence-electron chi connectivity index (χ0n) is 14.9. The minimum atomic E-state index is -3.88. The second-order valence-electron chi connectivity index (χ2n) is 6.37. The molecule has 0 spiro atoms. The monoisotopic (exact) mass is 411 g/mol. The summed E-state index contributed by atoms with van der Waals surface area (Å²) < 4.78 is 50.8. The lowest BCUT2D eigenvalue weighted by Gasteiger charge is -2.07. The summed E-state index contributed by atoms with van der Waals surface area (Å²) in [7, 11) is -3.88. The molecule has 0 bridgehead atoms. The van der Waals surface area contributed by atoms with Gasteiger partial charge < -0.3 is 4.98 Å². The Morgan fingerprint density at radius 2 is 1.76 bits per heavy atom. The van der Waals surface area contributed by atoms with E-state index in [2.05, 4.69) is 9.97 Å². The number of nitrogens with two attached hydrogens (primary N) is 1. The van der Waals surface area contributed by atoms with Gasteiger partial charge in [0, 0.05) is 11.1 Å². The average Bonchev–Trinajstić information content (AvgIpc) is 3.10. The molecule has 3 N–H and O–H groups in total. The summed E-state index contributed by atoms with van der Waals surface area (Å²) in [6, 6.07) is 15.6. The van der Waals surface area contributed by atoms with Gasteiger partial charge in [0.2, 0.25) is 10.0 Å². The highest BCUT2D eigenvalue weighted by atomic mass is 32.2. The summed E-state index contributed by atoms with van der Waals surface area (Å²) in [4.78, 5) is 7.49. The lowest BCUT2D eigenvalue weighted by atomic mass is 10.1. The van der Waals surface area contributed by atoms with Crippen molar-refractivity contribution in [3.8, 4) is 11.1 Å². The maximum Gasteiger partial charge on any atom is 0.238 e. The van der Waals surface area contributed by atoms with Crippen LogP contribution in [0.15, 0.2) is 65.6 Å². The Hall–Kier alpha value is -3.36. The average molecular weight is 411 g/mol. The fourth-order valence-corrected chi connectivity index (χ4v) is 3.81. The first-order valence-corrected chi connectivity index (χ1v) is 10.1. The first-order valence-electron chi connectivity index (χ1n) is 8.57. The van der Waals surface area contributed by atoms with Crippen molar-refractivity contribution in [2.75, 3.05) is 0 Å². The predicted molar refractivity (Wildman–Crippen MR) is 108 cm³/mol. The van der Waals surface area contributed by atoms with Crippen LogP contribution in [0.4, 0.5) is 8.78 Å². The van der Waals surface area contributed by atoms with Crippen molar-refractivity contribution in [3.05, 3.63) is 83.7 Å². The number of imidazole rings is 1. The summed E-state index contributed by atoms with van der Waals surface area (Å²) in [5.41, 5.74) is 2.53. The van der Waals surface area contributed by atoms with Crippen molar-refractivity contribution in [2.24, 2.45) is 5.14 Å². The molecule has 0 unspecified atom stereocenters. The van der Waals surface area contributed by atoms with Crippen LogP contribution in [0, 0.1) is 11.6 Å². The smallest absolute Gasteiger partial charge is 0.238 e. The second kappa shape index (κ2) is 7.23. The lowest BCUT2D eigenvalue weighted by Crippen LogP contribution is -2.13. The molecule has 8 heteroatoms. The summed E-state index contributed by atoms with van der Waals surface area (Å²) >= 11 is 0. The number of primary sulfonamides is 1. The summed E-state index contributed by atoms with van der Waals surface area (Å²) in [6.45, 7) is 0. The van der Waals surface area contributed by atoms with E-state index in [4.69, 9.17) is 5.14 Å². The number of H-pyrrole nitrogens is 1. The fourth-order valence-electron chi connectivity index (χ4n) is 3.05. The van der Waals surface area contributed by atoms with Gasteiger partial charge in [0.05, 0.1) is 15.9 Å². The molecule has 0 aliphatic carbocycles. The molecule has 1 aromatic heterocycles. The number of nitrogens with zero attached hydrogens (tertiary/aromatic N) is 1. The summed E-state index contributed by atoms with van der Waals surface area (Å²) in [6.07, 6.45) is 2.96. The topological polar surface area (TPSA) is 88.8 Å². The Labute approximate surface area is 165 Å². The molecule has 5 nitrogen and oxygen atoms in total. The molecule has 0 aliphatic rings. The number of halogens is 2. The van der Waals surface area contributed by atoms with Crippen molar-refractivity contribution >= 4 is 33.2 Å². The number of aromatic nitrogens is 2. The first kappa shape index (κ1) is 19.0. The van der Waals surface area contributed by atoms with Gasteiger partial charge in [-0.1, -0.05) is 36.4 Å². The van der Waals surface area contributed by atoms with Crippen molar-refractivity contribution < 1.29 is 17.2 Å². The van der Waals surface area contributed by atoms with Gasteiger partial charge in [0.25, 0.3) is 0 Å². The van der Waals surface area contributed by atoms with Crippen molar-refractivity contribution in [1.82, 2.24) is 9.97 Å². The van der Waals surface area contributed by atoms with Crippen LogP contribution < -0.4 is 5.14 Å². The van der Waals surface area contributed by atoms with Crippen LogP contribution in [0.1, 0.15) is 11.4 Å². The third-order valence-electron chi connectivity index (χ3n) is 4.41. The zero-order chi connectivity index (χ0) is 20.6. The Balaban J connectivity index is 1.73. The highest BCUT2D eigenvalue weighted by Gasteiger charge is 2.15. The van der Waals surface area contributed by atoms with E-state index in [0.29, 0.717) is 28.0 Å². The number of hydrogen-bond acceptors (Lipinski definition) is 3. The van der Waals surface area contributed by atoms with E-state index in [1.54, 1.807) is 36.4 Å². The first-order chi connectivity index (χ1) is 13.8. The number of aromatic amines is 1. The number of sulfonamides is 1. The lowest BCUT2D eigenvalue weighted by molar-refractivity contribution is 0.507. The van der Waals surface area contributed by atoms with Crippen LogP contribution in [-0.2, 0) is 10.0 Å². The Kier molecular flexibility index (Phi) is 4.73. The molecule has 146 valence electrons. The number of rotatable bonds is 4. The molecule has 0 radical (unpaired) electrons. The Morgan fingerprint density at radius 1 is 0.966 bits per heavy atom. The van der Waals surface area contributed by atoms with Gasteiger partial charge in [0.1, 0.15) is 5.82 Å². The van der Waals surface area contributed by atoms with E-state index in [-0.39, 0.29) is 10.5 Å². The molecule has 29 heavy (non-hydrogen) atoms. The van der Waals surface area contributed by atoms with Crippen molar-refractivity contribution in [3.63, 3.8) is 0 Å². The van der Waals surface area contributed by atoms with E-state index in [9.17, 15) is 17.2 Å². The summed E-state index contributed by atoms with van der Waals surface area (Å²) in [5.74, 6) is -1.41. The maximum atomic E-state index is 13.8. The van der Waals surface area contributed by atoms with E-state index < -0.39 is 21.7 Å². The van der Waals surface area contributed by atoms with E-state index in [1.807, 2.05) is 0 Å².